The summed E-state index contributed by atoms with van der Waals surface area (Å²) in [4.78, 5) is 4.60. The molecule has 0 N–H and O–H groups in total. The molecule has 41 heavy (non-hydrogen) atoms. The third-order valence-electron chi connectivity index (χ3n) is 8.44. The monoisotopic (exact) mass is 544 g/mol. The van der Waals surface area contributed by atoms with Crippen LogP contribution < -0.4 is 0 Å². The summed E-state index contributed by atoms with van der Waals surface area (Å²) in [7, 11) is 0. The first kappa shape index (κ1) is 23.9. The Morgan fingerprint density at radius 2 is 1.24 bits per heavy atom. The molecule has 1 aliphatic rings. The van der Waals surface area contributed by atoms with E-state index >= 15 is 0 Å². The van der Waals surface area contributed by atoms with Crippen molar-refractivity contribution >= 4 is 22.5 Å². The van der Waals surface area contributed by atoms with Gasteiger partial charge in [0, 0.05) is 34.1 Å². The number of nitrogens with zero attached hydrogens (tertiary/aromatic N) is 2. The van der Waals surface area contributed by atoms with Crippen LogP contribution in [0.15, 0.2) is 152 Å². The van der Waals surface area contributed by atoms with Crippen molar-refractivity contribution in [2.45, 2.75) is 5.41 Å². The molecule has 1 aliphatic carbocycles. The van der Waals surface area contributed by atoms with E-state index < -0.39 is 5.41 Å². The second-order valence-corrected chi connectivity index (χ2v) is 11.0. The predicted molar refractivity (Wildman–Crippen MR) is 169 cm³/mol. The fraction of sp³-hybridized carbons (Fsp3) is 0.0263. The van der Waals surface area contributed by atoms with Crippen LogP contribution in [0.4, 0.5) is 0 Å². The highest BCUT2D eigenvalue weighted by atomic mass is 35.5. The molecule has 0 radical (unpaired) electrons. The highest BCUT2D eigenvalue weighted by molar-refractivity contribution is 6.30. The summed E-state index contributed by atoms with van der Waals surface area (Å²) in [5.74, 6) is 0. The normalized spacial score (nSPS) is 13.2. The van der Waals surface area contributed by atoms with Crippen molar-refractivity contribution in [3.63, 3.8) is 0 Å². The third-order valence-corrected chi connectivity index (χ3v) is 8.70. The summed E-state index contributed by atoms with van der Waals surface area (Å²) in [6, 6.07) is 49.7. The number of hydrogen-bond donors (Lipinski definition) is 0. The molecular formula is C38H25ClN2. The fourth-order valence-electron chi connectivity index (χ4n) is 6.81. The number of hydrogen-bond acceptors (Lipinski definition) is 1. The van der Waals surface area contributed by atoms with Crippen LogP contribution in [0.1, 0.15) is 22.3 Å². The smallest absolute Gasteiger partial charge is 0.0721 e. The first-order chi connectivity index (χ1) is 20.3. The molecule has 7 aromatic rings. The lowest BCUT2D eigenvalue weighted by Crippen LogP contribution is -2.28. The SMILES string of the molecule is Clc1ccc(-c2cc3c4c(ccc3n2-c2ccccc2)-c2cnccc2C4(c2ccccc2)c2ccccc2)cc1. The Bertz CT molecular complexity index is 1990. The van der Waals surface area contributed by atoms with Crippen molar-refractivity contribution in [2.75, 3.05) is 0 Å². The van der Waals surface area contributed by atoms with E-state index in [2.05, 4.69) is 137 Å². The van der Waals surface area contributed by atoms with Gasteiger partial charge in [0.1, 0.15) is 0 Å². The van der Waals surface area contributed by atoms with E-state index in [9.17, 15) is 0 Å². The minimum Gasteiger partial charge on any atom is -0.309 e. The number of halogens is 1. The predicted octanol–water partition coefficient (Wildman–Crippen LogP) is 9.71. The Labute approximate surface area is 244 Å². The molecule has 0 atom stereocenters. The molecule has 3 heteroatoms. The molecule has 0 aliphatic heterocycles. The first-order valence-electron chi connectivity index (χ1n) is 13.8. The molecule has 0 saturated carbocycles. The zero-order chi connectivity index (χ0) is 27.4. The van der Waals surface area contributed by atoms with Gasteiger partial charge in [0.15, 0.2) is 0 Å². The quantitative estimate of drug-likeness (QED) is 0.215. The molecule has 0 unspecified atom stereocenters. The molecule has 0 saturated heterocycles. The summed E-state index contributed by atoms with van der Waals surface area (Å²) in [5, 5.41) is 1.95. The number of benzene rings is 5. The van der Waals surface area contributed by atoms with Crippen molar-refractivity contribution in [3.05, 3.63) is 179 Å². The largest absolute Gasteiger partial charge is 0.309 e. The third kappa shape index (κ3) is 3.48. The summed E-state index contributed by atoms with van der Waals surface area (Å²) in [6.07, 6.45) is 3.96. The highest BCUT2D eigenvalue weighted by Gasteiger charge is 2.47. The van der Waals surface area contributed by atoms with Gasteiger partial charge in [-0.25, -0.2) is 0 Å². The molecule has 194 valence electrons. The maximum absolute atomic E-state index is 6.32. The van der Waals surface area contributed by atoms with Crippen molar-refractivity contribution < 1.29 is 0 Å². The van der Waals surface area contributed by atoms with Crippen LogP contribution in [0.5, 0.6) is 0 Å². The molecular weight excluding hydrogens is 520 g/mol. The fourth-order valence-corrected chi connectivity index (χ4v) is 6.94. The Morgan fingerprint density at radius 1 is 0.610 bits per heavy atom. The summed E-state index contributed by atoms with van der Waals surface area (Å²) < 4.78 is 2.38. The van der Waals surface area contributed by atoms with E-state index in [0.29, 0.717) is 0 Å². The summed E-state index contributed by atoms with van der Waals surface area (Å²) >= 11 is 6.32. The van der Waals surface area contributed by atoms with Gasteiger partial charge in [-0.1, -0.05) is 109 Å². The van der Waals surface area contributed by atoms with Gasteiger partial charge in [-0.15, -0.1) is 0 Å². The van der Waals surface area contributed by atoms with Crippen LogP contribution in [0, 0.1) is 0 Å². The lowest BCUT2D eigenvalue weighted by Gasteiger charge is -2.34. The summed E-state index contributed by atoms with van der Waals surface area (Å²) in [6.45, 7) is 0. The van der Waals surface area contributed by atoms with E-state index in [1.807, 2.05) is 24.5 Å². The summed E-state index contributed by atoms with van der Waals surface area (Å²) in [5.41, 5.74) is 11.5. The van der Waals surface area contributed by atoms with Crippen LogP contribution in [-0.2, 0) is 5.41 Å². The zero-order valence-corrected chi connectivity index (χ0v) is 23.0. The van der Waals surface area contributed by atoms with E-state index in [1.165, 1.54) is 38.8 Å². The second-order valence-electron chi connectivity index (χ2n) is 10.5. The minimum atomic E-state index is -0.504. The molecule has 2 aromatic heterocycles. The maximum atomic E-state index is 6.32. The van der Waals surface area contributed by atoms with Crippen LogP contribution >= 0.6 is 11.6 Å². The van der Waals surface area contributed by atoms with Crippen LogP contribution in [0.3, 0.4) is 0 Å². The van der Waals surface area contributed by atoms with Gasteiger partial charge >= 0.3 is 0 Å². The molecule has 0 bridgehead atoms. The molecule has 8 rings (SSSR count). The minimum absolute atomic E-state index is 0.504. The van der Waals surface area contributed by atoms with Gasteiger partial charge in [-0.3, -0.25) is 4.98 Å². The van der Waals surface area contributed by atoms with Gasteiger partial charge in [0.2, 0.25) is 0 Å². The van der Waals surface area contributed by atoms with Crippen molar-refractivity contribution in [1.82, 2.24) is 9.55 Å². The number of para-hydroxylation sites is 1. The van der Waals surface area contributed by atoms with E-state index in [0.717, 1.165) is 27.5 Å². The van der Waals surface area contributed by atoms with Gasteiger partial charge in [0.05, 0.1) is 16.6 Å². The van der Waals surface area contributed by atoms with E-state index in [-0.39, 0.29) is 0 Å². The molecule has 0 spiro atoms. The van der Waals surface area contributed by atoms with Crippen molar-refractivity contribution in [1.29, 1.82) is 0 Å². The highest BCUT2D eigenvalue weighted by Crippen LogP contribution is 2.58. The standard InChI is InChI=1S/C38H25ClN2/c39-29-18-16-26(17-19-29)36-24-32-35(41(36)30-14-8-3-9-15-30)21-20-31-33-25-40-23-22-34(33)38(37(31)32,27-10-4-1-5-11-27)28-12-6-2-7-13-28/h1-25H. The average molecular weight is 545 g/mol. The average Bonchev–Trinajstić information content (AvgIpc) is 3.57. The van der Waals surface area contributed by atoms with E-state index in [4.69, 9.17) is 11.6 Å². The molecule has 2 nitrogen and oxygen atoms in total. The number of rotatable bonds is 4. The molecule has 0 amide bonds. The Morgan fingerprint density at radius 3 is 1.90 bits per heavy atom. The Balaban J connectivity index is 1.56. The number of fused-ring (bicyclic) bond motifs is 5. The molecule has 5 aromatic carbocycles. The van der Waals surface area contributed by atoms with Crippen molar-refractivity contribution in [3.8, 4) is 28.1 Å². The van der Waals surface area contributed by atoms with E-state index in [1.54, 1.807) is 0 Å². The zero-order valence-electron chi connectivity index (χ0n) is 22.2. The van der Waals surface area contributed by atoms with Gasteiger partial charge in [0.25, 0.3) is 0 Å². The van der Waals surface area contributed by atoms with Gasteiger partial charge in [-0.05, 0) is 75.8 Å². The lowest BCUT2D eigenvalue weighted by atomic mass is 9.67. The van der Waals surface area contributed by atoms with Crippen molar-refractivity contribution in [2.24, 2.45) is 0 Å². The van der Waals surface area contributed by atoms with Crippen LogP contribution in [-0.4, -0.2) is 9.55 Å². The maximum Gasteiger partial charge on any atom is 0.0721 e. The molecule has 2 heterocycles. The Hall–Kier alpha value is -4.92. The number of pyridine rings is 1. The first-order valence-corrected chi connectivity index (χ1v) is 14.2. The topological polar surface area (TPSA) is 17.8 Å². The number of aromatic nitrogens is 2. The van der Waals surface area contributed by atoms with Gasteiger partial charge in [-0.2, -0.15) is 0 Å². The lowest BCUT2D eigenvalue weighted by molar-refractivity contribution is 0.774. The molecule has 0 fully saturated rings. The van der Waals surface area contributed by atoms with Crippen LogP contribution in [0.25, 0.3) is 39.0 Å². The Kier molecular flexibility index (Phi) is 5.44. The second kappa shape index (κ2) is 9.33. The van der Waals surface area contributed by atoms with Crippen LogP contribution in [0.2, 0.25) is 5.02 Å². The van der Waals surface area contributed by atoms with Gasteiger partial charge < -0.3 is 4.57 Å².